The van der Waals surface area contributed by atoms with Gasteiger partial charge in [-0.2, -0.15) is 0 Å². The quantitative estimate of drug-likeness (QED) is 0.889. The van der Waals surface area contributed by atoms with E-state index in [2.05, 4.69) is 21.9 Å². The molecule has 1 unspecified atom stereocenters. The second-order valence-corrected chi connectivity index (χ2v) is 5.30. The molecule has 4 heteroatoms. The number of nitrogens with zero attached hydrogens (tertiary/aromatic N) is 2. The zero-order valence-electron chi connectivity index (χ0n) is 11.3. The predicted octanol–water partition coefficient (Wildman–Crippen LogP) is 1.26. The zero-order valence-corrected chi connectivity index (χ0v) is 11.3. The molecule has 1 aromatic rings. The molecule has 1 saturated heterocycles. The molecule has 3 rings (SSSR count). The van der Waals surface area contributed by atoms with Crippen LogP contribution in [0.1, 0.15) is 18.1 Å². The van der Waals surface area contributed by atoms with E-state index in [0.29, 0.717) is 0 Å². The van der Waals surface area contributed by atoms with Crippen molar-refractivity contribution in [2.45, 2.75) is 12.5 Å². The van der Waals surface area contributed by atoms with Gasteiger partial charge in [0, 0.05) is 44.0 Å². The lowest BCUT2D eigenvalue weighted by Gasteiger charge is -2.36. The summed E-state index contributed by atoms with van der Waals surface area (Å²) in [6.07, 6.45) is 0.538. The van der Waals surface area contributed by atoms with Crippen LogP contribution in [0.4, 0.5) is 5.69 Å². The molecule has 1 N–H and O–H groups in total. The van der Waals surface area contributed by atoms with Crippen LogP contribution in [0.2, 0.25) is 0 Å². The summed E-state index contributed by atoms with van der Waals surface area (Å²) in [5.41, 5.74) is 2.28. The van der Waals surface area contributed by atoms with Crippen LogP contribution < -0.4 is 4.90 Å². The number of ether oxygens (including phenoxy) is 1. The summed E-state index contributed by atoms with van der Waals surface area (Å²) < 4.78 is 5.37. The summed E-state index contributed by atoms with van der Waals surface area (Å²) in [6.45, 7) is 6.85. The smallest absolute Gasteiger partial charge is 0.0826 e. The van der Waals surface area contributed by atoms with Crippen LogP contribution >= 0.6 is 0 Å². The largest absolute Gasteiger partial charge is 0.388 e. The fraction of sp³-hybridized carbons (Fsp3) is 0.600. The van der Waals surface area contributed by atoms with Gasteiger partial charge in [-0.25, -0.2) is 0 Å². The number of para-hydroxylation sites is 1. The summed E-state index contributed by atoms with van der Waals surface area (Å²) in [5, 5.41) is 10.0. The van der Waals surface area contributed by atoms with E-state index in [1.807, 2.05) is 12.1 Å². The van der Waals surface area contributed by atoms with Crippen LogP contribution in [-0.2, 0) is 4.74 Å². The van der Waals surface area contributed by atoms with Gasteiger partial charge in [0.05, 0.1) is 19.3 Å². The van der Waals surface area contributed by atoms with Crippen LogP contribution in [0, 0.1) is 0 Å². The minimum absolute atomic E-state index is 0.296. The number of aliphatic hydroxyl groups excluding tert-OH is 1. The normalized spacial score (nSPS) is 24.3. The first-order valence-corrected chi connectivity index (χ1v) is 7.16. The van der Waals surface area contributed by atoms with Crippen LogP contribution in [0.15, 0.2) is 24.3 Å². The van der Waals surface area contributed by atoms with E-state index in [0.717, 1.165) is 57.9 Å². The fourth-order valence-electron chi connectivity index (χ4n) is 2.93. The lowest BCUT2D eigenvalue weighted by molar-refractivity contribution is 0.0390. The maximum absolute atomic E-state index is 10.0. The monoisotopic (exact) mass is 262 g/mol. The molecule has 1 atom stereocenters. The van der Waals surface area contributed by atoms with Gasteiger partial charge in [-0.15, -0.1) is 0 Å². The van der Waals surface area contributed by atoms with Crippen molar-refractivity contribution in [1.29, 1.82) is 0 Å². The van der Waals surface area contributed by atoms with E-state index in [4.69, 9.17) is 4.74 Å². The summed E-state index contributed by atoms with van der Waals surface area (Å²) in [4.78, 5) is 4.86. The van der Waals surface area contributed by atoms with Crippen LogP contribution in [-0.4, -0.2) is 55.9 Å². The summed E-state index contributed by atoms with van der Waals surface area (Å²) >= 11 is 0. The van der Waals surface area contributed by atoms with E-state index in [9.17, 15) is 5.11 Å². The Hall–Kier alpha value is -1.10. The molecule has 2 aliphatic rings. The van der Waals surface area contributed by atoms with Gasteiger partial charge < -0.3 is 14.7 Å². The van der Waals surface area contributed by atoms with Crippen molar-refractivity contribution >= 4 is 5.69 Å². The first-order valence-electron chi connectivity index (χ1n) is 7.16. The Morgan fingerprint density at radius 1 is 1.11 bits per heavy atom. The molecule has 2 heterocycles. The molecule has 19 heavy (non-hydrogen) atoms. The van der Waals surface area contributed by atoms with E-state index < -0.39 is 0 Å². The fourth-order valence-corrected chi connectivity index (χ4v) is 2.93. The number of benzene rings is 1. The Labute approximate surface area is 114 Å². The highest BCUT2D eigenvalue weighted by atomic mass is 16.5. The zero-order chi connectivity index (χ0) is 13.1. The first-order chi connectivity index (χ1) is 9.34. The number of hydrogen-bond acceptors (Lipinski definition) is 4. The molecule has 1 aromatic carbocycles. The highest BCUT2D eigenvalue weighted by Gasteiger charge is 2.23. The summed E-state index contributed by atoms with van der Waals surface area (Å²) in [7, 11) is 0. The van der Waals surface area contributed by atoms with Gasteiger partial charge in [0.2, 0.25) is 0 Å². The van der Waals surface area contributed by atoms with Crippen LogP contribution in [0.5, 0.6) is 0 Å². The Balaban J connectivity index is 1.64. The average Bonchev–Trinajstić information content (AvgIpc) is 2.48. The molecule has 0 saturated carbocycles. The number of hydrogen-bond donors (Lipinski definition) is 1. The summed E-state index contributed by atoms with van der Waals surface area (Å²) in [6, 6.07) is 8.23. The van der Waals surface area contributed by atoms with Gasteiger partial charge in [-0.3, -0.25) is 4.90 Å². The number of fused-ring (bicyclic) bond motifs is 1. The molecular weight excluding hydrogens is 240 g/mol. The minimum atomic E-state index is -0.296. The van der Waals surface area contributed by atoms with Gasteiger partial charge in [-0.05, 0) is 12.5 Å². The second-order valence-electron chi connectivity index (χ2n) is 5.30. The third kappa shape index (κ3) is 2.91. The molecule has 2 aliphatic heterocycles. The standard InChI is InChI=1S/C15H22N2O2/c18-15-5-6-17(14-4-2-1-3-13(14)15)8-7-16-9-11-19-12-10-16/h1-4,15,18H,5-12H2. The molecular formula is C15H22N2O2. The van der Waals surface area contributed by atoms with Crippen molar-refractivity contribution in [1.82, 2.24) is 4.90 Å². The molecule has 104 valence electrons. The third-order valence-corrected chi connectivity index (χ3v) is 4.10. The number of morpholine rings is 1. The van der Waals surface area contributed by atoms with Crippen molar-refractivity contribution in [2.24, 2.45) is 0 Å². The van der Waals surface area contributed by atoms with Gasteiger partial charge in [-0.1, -0.05) is 18.2 Å². The van der Waals surface area contributed by atoms with Crippen molar-refractivity contribution in [2.75, 3.05) is 50.8 Å². The summed E-state index contributed by atoms with van der Waals surface area (Å²) in [5.74, 6) is 0. The maximum Gasteiger partial charge on any atom is 0.0826 e. The second kappa shape index (κ2) is 5.90. The molecule has 0 bridgehead atoms. The van der Waals surface area contributed by atoms with E-state index in [-0.39, 0.29) is 6.10 Å². The molecule has 0 amide bonds. The molecule has 0 aromatic heterocycles. The highest BCUT2D eigenvalue weighted by Crippen LogP contribution is 2.33. The lowest BCUT2D eigenvalue weighted by Crippen LogP contribution is -2.43. The molecule has 0 spiro atoms. The van der Waals surface area contributed by atoms with E-state index in [1.54, 1.807) is 0 Å². The van der Waals surface area contributed by atoms with Gasteiger partial charge in [0.1, 0.15) is 0 Å². The number of aliphatic hydroxyl groups is 1. The number of anilines is 1. The Morgan fingerprint density at radius 2 is 1.89 bits per heavy atom. The Bertz CT molecular complexity index is 418. The highest BCUT2D eigenvalue weighted by molar-refractivity contribution is 5.56. The van der Waals surface area contributed by atoms with E-state index >= 15 is 0 Å². The van der Waals surface area contributed by atoms with Crippen molar-refractivity contribution < 1.29 is 9.84 Å². The molecule has 1 fully saturated rings. The average molecular weight is 262 g/mol. The lowest BCUT2D eigenvalue weighted by atomic mass is 9.99. The van der Waals surface area contributed by atoms with Crippen molar-refractivity contribution in [3.63, 3.8) is 0 Å². The van der Waals surface area contributed by atoms with Gasteiger partial charge >= 0.3 is 0 Å². The van der Waals surface area contributed by atoms with Crippen molar-refractivity contribution in [3.8, 4) is 0 Å². The molecule has 4 nitrogen and oxygen atoms in total. The van der Waals surface area contributed by atoms with Crippen molar-refractivity contribution in [3.05, 3.63) is 29.8 Å². The van der Waals surface area contributed by atoms with E-state index in [1.165, 1.54) is 5.69 Å². The Morgan fingerprint density at radius 3 is 2.74 bits per heavy atom. The Kier molecular flexibility index (Phi) is 4.01. The molecule has 0 radical (unpaired) electrons. The third-order valence-electron chi connectivity index (χ3n) is 4.10. The first kappa shape index (κ1) is 12.9. The predicted molar refractivity (Wildman–Crippen MR) is 75.5 cm³/mol. The topological polar surface area (TPSA) is 35.9 Å². The number of rotatable bonds is 3. The van der Waals surface area contributed by atoms with Crippen LogP contribution in [0.25, 0.3) is 0 Å². The molecule has 0 aliphatic carbocycles. The van der Waals surface area contributed by atoms with Crippen LogP contribution in [0.3, 0.4) is 0 Å². The van der Waals surface area contributed by atoms with Gasteiger partial charge in [0.15, 0.2) is 0 Å². The SMILES string of the molecule is OC1CCN(CCN2CCOCC2)c2ccccc21. The maximum atomic E-state index is 10.0. The minimum Gasteiger partial charge on any atom is -0.388 e. The van der Waals surface area contributed by atoms with Gasteiger partial charge in [0.25, 0.3) is 0 Å².